The molecule has 1 amide bonds. The van der Waals surface area contributed by atoms with Crippen LogP contribution in [-0.4, -0.2) is 82.7 Å². The van der Waals surface area contributed by atoms with Crippen LogP contribution >= 0.6 is 0 Å². The smallest absolute Gasteiger partial charge is 0.312 e. The minimum atomic E-state index is -2.07. The molecule has 4 aliphatic rings. The van der Waals surface area contributed by atoms with Crippen molar-refractivity contribution in [3.05, 3.63) is 70.2 Å². The number of ether oxygens (including phenoxy) is 5. The van der Waals surface area contributed by atoms with Gasteiger partial charge in [-0.2, -0.15) is 0 Å². The van der Waals surface area contributed by atoms with Crippen molar-refractivity contribution in [3.63, 3.8) is 0 Å². The molecule has 0 radical (unpaired) electrons. The summed E-state index contributed by atoms with van der Waals surface area (Å²) in [5.41, 5.74) is -1.26. The molecule has 0 spiro atoms. The fourth-order valence-electron chi connectivity index (χ4n) is 6.88. The molecule has 286 valence electrons. The van der Waals surface area contributed by atoms with Gasteiger partial charge in [-0.15, -0.1) is 0 Å². The molecule has 14 nitrogen and oxygen atoms in total. The number of benzene rings is 1. The van der Waals surface area contributed by atoms with Gasteiger partial charge >= 0.3 is 17.7 Å². The standard InChI is InChI=1S/C39H47NO13/c1-17-12-11-13-18(2)38(48)40-25-16-26(43)28-29(33(25)46)35(52-24(8)42)22(6)36-30(28)37(47)39(9,53-36)50-15-14-27(49-10)19(3)34(51-23(7)41)21(5)32(45)20(4)31(17)44/h11-17,19-21,27,31-32,34,44-45H,1-10H3,(H,40,48)/b12-11+,15-14+,18-13-/t17-,19-,20-,21-,27+,31+,32-,34-,39+/m1/s1. The quantitative estimate of drug-likeness (QED) is 0.299. The number of allylic oxidation sites excluding steroid dienone is 4. The highest BCUT2D eigenvalue weighted by Gasteiger charge is 2.52. The molecule has 3 heterocycles. The summed E-state index contributed by atoms with van der Waals surface area (Å²) in [5.74, 6) is -9.71. The summed E-state index contributed by atoms with van der Waals surface area (Å²) in [6.07, 6.45) is 4.21. The Bertz CT molecular complexity index is 1840. The highest BCUT2D eigenvalue weighted by Crippen LogP contribution is 2.48. The molecule has 5 bridgehead atoms. The lowest BCUT2D eigenvalue weighted by Gasteiger charge is -2.38. The Kier molecular flexibility index (Phi) is 12.3. The number of nitrogens with one attached hydrogen (secondary N) is 1. The molecule has 0 fully saturated rings. The molecular weight excluding hydrogens is 690 g/mol. The molecule has 0 saturated heterocycles. The minimum Gasteiger partial charge on any atom is -0.462 e. The average molecular weight is 738 g/mol. The predicted molar refractivity (Wildman–Crippen MR) is 189 cm³/mol. The number of carbonyl (C=O) groups is 6. The van der Waals surface area contributed by atoms with Gasteiger partial charge < -0.3 is 39.2 Å². The van der Waals surface area contributed by atoms with Gasteiger partial charge in [0.05, 0.1) is 47.0 Å². The fourth-order valence-corrected chi connectivity index (χ4v) is 6.88. The van der Waals surface area contributed by atoms with Gasteiger partial charge in [0.15, 0.2) is 5.78 Å². The number of carbonyl (C=O) groups excluding carboxylic acids is 6. The maximum atomic E-state index is 14.1. The zero-order valence-electron chi connectivity index (χ0n) is 31.5. The van der Waals surface area contributed by atoms with Crippen LogP contribution in [0.15, 0.2) is 47.9 Å². The molecule has 0 aromatic heterocycles. The van der Waals surface area contributed by atoms with Crippen molar-refractivity contribution in [1.29, 1.82) is 0 Å². The minimum absolute atomic E-state index is 0.0600. The van der Waals surface area contributed by atoms with Crippen LogP contribution in [0.5, 0.6) is 11.5 Å². The highest BCUT2D eigenvalue weighted by atomic mass is 16.7. The van der Waals surface area contributed by atoms with Crippen LogP contribution < -0.4 is 14.8 Å². The Hall–Kier alpha value is -4.92. The van der Waals surface area contributed by atoms with E-state index in [1.807, 2.05) is 0 Å². The number of aliphatic hydroxyl groups excluding tert-OH is 2. The van der Waals surface area contributed by atoms with Crippen LogP contribution in [0.3, 0.4) is 0 Å². The summed E-state index contributed by atoms with van der Waals surface area (Å²) in [6.45, 7) is 13.4. The van der Waals surface area contributed by atoms with Gasteiger partial charge in [-0.1, -0.05) is 45.9 Å². The summed E-state index contributed by atoms with van der Waals surface area (Å²) < 4.78 is 28.7. The van der Waals surface area contributed by atoms with Crippen LogP contribution in [-0.2, 0) is 28.6 Å². The first-order valence-corrected chi connectivity index (χ1v) is 17.3. The lowest BCUT2D eigenvalue weighted by atomic mass is 9.78. The molecule has 14 heteroatoms. The van der Waals surface area contributed by atoms with E-state index >= 15 is 0 Å². The van der Waals surface area contributed by atoms with Gasteiger partial charge in [0.1, 0.15) is 17.6 Å². The van der Waals surface area contributed by atoms with Gasteiger partial charge in [0, 0.05) is 68.8 Å². The van der Waals surface area contributed by atoms with Crippen molar-refractivity contribution >= 4 is 35.2 Å². The van der Waals surface area contributed by atoms with Gasteiger partial charge in [0.25, 0.3) is 11.7 Å². The highest BCUT2D eigenvalue weighted by molar-refractivity contribution is 6.31. The summed E-state index contributed by atoms with van der Waals surface area (Å²) in [5, 5.41) is 25.1. The Morgan fingerprint density at radius 2 is 1.55 bits per heavy atom. The van der Waals surface area contributed by atoms with Crippen LogP contribution in [0.1, 0.15) is 92.0 Å². The summed E-state index contributed by atoms with van der Waals surface area (Å²) in [6, 6.07) is 0. The number of esters is 2. The molecule has 1 aromatic rings. The number of Topliss-reactive ketones (excluding diaryl/α,β-unsaturated/α-hetero) is 2. The number of ketones is 3. The zero-order valence-corrected chi connectivity index (χ0v) is 31.5. The topological polar surface area (TPSA) is 201 Å². The molecule has 3 aliphatic heterocycles. The summed E-state index contributed by atoms with van der Waals surface area (Å²) >= 11 is 0. The molecular formula is C39H47NO13. The lowest BCUT2D eigenvalue weighted by Crippen LogP contribution is -2.46. The molecule has 1 aliphatic carbocycles. The zero-order chi connectivity index (χ0) is 39.7. The number of hydrogen-bond donors (Lipinski definition) is 3. The number of aliphatic hydroxyl groups is 2. The maximum absolute atomic E-state index is 14.1. The molecule has 0 unspecified atom stereocenters. The molecule has 53 heavy (non-hydrogen) atoms. The van der Waals surface area contributed by atoms with Crippen LogP contribution in [0.2, 0.25) is 0 Å². The largest absolute Gasteiger partial charge is 0.462 e. The van der Waals surface area contributed by atoms with Gasteiger partial charge in [-0.3, -0.25) is 28.8 Å². The van der Waals surface area contributed by atoms with Gasteiger partial charge in [-0.25, -0.2) is 0 Å². The van der Waals surface area contributed by atoms with Crippen molar-refractivity contribution in [2.24, 2.45) is 23.7 Å². The maximum Gasteiger partial charge on any atom is 0.312 e. The summed E-state index contributed by atoms with van der Waals surface area (Å²) in [7, 11) is 1.41. The molecule has 0 saturated carbocycles. The first-order chi connectivity index (χ1) is 24.7. The molecule has 5 rings (SSSR count). The molecule has 9 atom stereocenters. The molecule has 3 N–H and O–H groups in total. The normalized spacial score (nSPS) is 33.1. The van der Waals surface area contributed by atoms with Crippen molar-refractivity contribution < 1.29 is 62.7 Å². The van der Waals surface area contributed by atoms with E-state index in [0.717, 1.165) is 19.3 Å². The van der Waals surface area contributed by atoms with E-state index in [1.165, 1.54) is 53.0 Å². The summed E-state index contributed by atoms with van der Waals surface area (Å²) in [4.78, 5) is 79.4. The lowest BCUT2D eigenvalue weighted by molar-refractivity contribution is -0.160. The van der Waals surface area contributed by atoms with Crippen molar-refractivity contribution in [2.45, 2.75) is 92.5 Å². The second kappa shape index (κ2) is 16.0. The number of rotatable bonds is 3. The molecule has 1 aromatic carbocycles. The van der Waals surface area contributed by atoms with Gasteiger partial charge in [-0.05, 0) is 19.9 Å². The Labute approximate surface area is 307 Å². The Balaban J connectivity index is 1.88. The van der Waals surface area contributed by atoms with Crippen molar-refractivity contribution in [3.8, 4) is 11.5 Å². The van der Waals surface area contributed by atoms with Crippen LogP contribution in [0.4, 0.5) is 0 Å². The third-order valence-corrected chi connectivity index (χ3v) is 10.0. The fraction of sp³-hybridized carbons (Fsp3) is 0.487. The Morgan fingerprint density at radius 1 is 0.887 bits per heavy atom. The van der Waals surface area contributed by atoms with Crippen LogP contribution in [0, 0.1) is 30.6 Å². The predicted octanol–water partition coefficient (Wildman–Crippen LogP) is 3.85. The first-order valence-electron chi connectivity index (χ1n) is 17.3. The van der Waals surface area contributed by atoms with E-state index in [4.69, 9.17) is 23.7 Å². The van der Waals surface area contributed by atoms with E-state index in [1.54, 1.807) is 33.8 Å². The van der Waals surface area contributed by atoms with E-state index < -0.39 is 100 Å². The Morgan fingerprint density at radius 3 is 2.15 bits per heavy atom. The van der Waals surface area contributed by atoms with E-state index in [2.05, 4.69) is 5.32 Å². The number of amides is 1. The monoisotopic (exact) mass is 737 g/mol. The number of methoxy groups -OCH3 is 1. The number of fused-ring (bicyclic) bond motifs is 14. The van der Waals surface area contributed by atoms with E-state index in [-0.39, 0.29) is 33.8 Å². The second-order valence-electron chi connectivity index (χ2n) is 14.0. The second-order valence-corrected chi connectivity index (χ2v) is 14.0. The van der Waals surface area contributed by atoms with Crippen molar-refractivity contribution in [2.75, 3.05) is 7.11 Å². The van der Waals surface area contributed by atoms with E-state index in [0.29, 0.717) is 0 Å². The number of hydrogen-bond acceptors (Lipinski definition) is 13. The van der Waals surface area contributed by atoms with Gasteiger partial charge in [0.2, 0.25) is 5.78 Å². The van der Waals surface area contributed by atoms with E-state index in [9.17, 15) is 39.0 Å². The first kappa shape index (κ1) is 40.8. The third kappa shape index (κ3) is 8.04. The third-order valence-electron chi connectivity index (χ3n) is 10.0. The van der Waals surface area contributed by atoms with Crippen molar-refractivity contribution in [1.82, 2.24) is 5.32 Å². The SMILES string of the molecule is CO[C@H]1/C=C/O[C@@]2(C)Oc3c(C)c(OC(C)=O)c4c(c3C2=O)C(=O)C=C(NC(=O)/C(C)=C\C=C\[C@@H](C)[C@H](O)[C@@H](C)[C@@H](O)[C@@H](C)[C@H](OC(C)=O)[C@@H]1C)C4=O. The average Bonchev–Trinajstić information content (AvgIpc) is 3.36. The van der Waals surface area contributed by atoms with Crippen LogP contribution in [0.25, 0.3) is 0 Å².